The number of halogens is 1. The molecule has 4 rings (SSSR count). The Morgan fingerprint density at radius 1 is 0.966 bits per heavy atom. The molecule has 1 N–H and O–H groups in total. The van der Waals surface area contributed by atoms with Crippen molar-refractivity contribution in [1.29, 1.82) is 0 Å². The van der Waals surface area contributed by atoms with Crippen molar-refractivity contribution in [1.82, 2.24) is 4.90 Å². The minimum absolute atomic E-state index is 0.252. The van der Waals surface area contributed by atoms with Gasteiger partial charge in [0.05, 0.1) is 13.2 Å². The van der Waals surface area contributed by atoms with E-state index in [9.17, 15) is 14.3 Å². The van der Waals surface area contributed by atoms with Crippen LogP contribution in [0.4, 0.5) is 4.39 Å². The molecule has 0 fully saturated rings. The molecule has 3 aromatic carbocycles. The summed E-state index contributed by atoms with van der Waals surface area (Å²) in [7, 11) is 1.56. The quantitative estimate of drug-likeness (QED) is 0.676. The normalized spacial score (nSPS) is 16.4. The summed E-state index contributed by atoms with van der Waals surface area (Å²) in [5.74, 6) is -0.655. The molecule has 0 saturated heterocycles. The highest BCUT2D eigenvalue weighted by atomic mass is 19.1. The van der Waals surface area contributed by atoms with E-state index in [4.69, 9.17) is 4.74 Å². The molecular weight excluding hydrogens is 369 g/mol. The molecule has 1 aliphatic heterocycles. The van der Waals surface area contributed by atoms with Gasteiger partial charge in [0.15, 0.2) is 5.76 Å². The van der Waals surface area contributed by atoms with E-state index in [0.717, 1.165) is 5.56 Å². The van der Waals surface area contributed by atoms with Crippen LogP contribution in [0.2, 0.25) is 0 Å². The van der Waals surface area contributed by atoms with Crippen molar-refractivity contribution in [2.24, 2.45) is 0 Å². The Morgan fingerprint density at radius 2 is 1.62 bits per heavy atom. The van der Waals surface area contributed by atoms with E-state index in [1.165, 1.54) is 11.0 Å². The van der Waals surface area contributed by atoms with Gasteiger partial charge >= 0.3 is 0 Å². The fraction of sp³-hybridized carbons (Fsp3) is 0.125. The van der Waals surface area contributed by atoms with Crippen molar-refractivity contribution in [3.05, 3.63) is 107 Å². The van der Waals surface area contributed by atoms with Gasteiger partial charge in [0.2, 0.25) is 0 Å². The standard InChI is InChI=1S/C24H20FNO3/c1-29-18-13-11-17(12-14-18)21-22(19-9-5-6-10-20(19)25)26(24(28)23(21)27)15-16-7-3-2-4-8-16/h2-14,22,27H,15H2,1H3. The molecule has 4 nitrogen and oxygen atoms in total. The smallest absolute Gasteiger partial charge is 0.290 e. The molecule has 29 heavy (non-hydrogen) atoms. The van der Waals surface area contributed by atoms with Gasteiger partial charge in [-0.2, -0.15) is 0 Å². The molecule has 1 unspecified atom stereocenters. The first-order chi connectivity index (χ1) is 14.1. The van der Waals surface area contributed by atoms with Crippen LogP contribution in [0, 0.1) is 5.82 Å². The van der Waals surface area contributed by atoms with E-state index in [2.05, 4.69) is 0 Å². The molecule has 1 aliphatic rings. The number of rotatable bonds is 5. The number of aliphatic hydroxyl groups is 1. The Balaban J connectivity index is 1.83. The first-order valence-corrected chi connectivity index (χ1v) is 9.27. The Hall–Kier alpha value is -3.60. The monoisotopic (exact) mass is 389 g/mol. The highest BCUT2D eigenvalue weighted by molar-refractivity contribution is 6.05. The van der Waals surface area contributed by atoms with Crippen molar-refractivity contribution >= 4 is 11.5 Å². The summed E-state index contributed by atoms with van der Waals surface area (Å²) >= 11 is 0. The number of methoxy groups -OCH3 is 1. The molecular formula is C24H20FNO3. The first-order valence-electron chi connectivity index (χ1n) is 9.27. The summed E-state index contributed by atoms with van der Waals surface area (Å²) in [6.45, 7) is 0.252. The van der Waals surface area contributed by atoms with E-state index in [1.807, 2.05) is 30.3 Å². The summed E-state index contributed by atoms with van der Waals surface area (Å²) in [6, 6.07) is 22.1. The molecule has 0 bridgehead atoms. The van der Waals surface area contributed by atoms with E-state index in [1.54, 1.807) is 49.6 Å². The number of amides is 1. The number of carbonyl (C=O) groups is 1. The molecule has 1 amide bonds. The van der Waals surface area contributed by atoms with Gasteiger partial charge < -0.3 is 14.7 Å². The summed E-state index contributed by atoms with van der Waals surface area (Å²) in [4.78, 5) is 14.5. The topological polar surface area (TPSA) is 49.8 Å². The second-order valence-electron chi connectivity index (χ2n) is 6.83. The van der Waals surface area contributed by atoms with E-state index in [0.29, 0.717) is 22.4 Å². The summed E-state index contributed by atoms with van der Waals surface area (Å²) in [6.07, 6.45) is 0. The van der Waals surface area contributed by atoms with Gasteiger partial charge in [-0.1, -0.05) is 60.7 Å². The lowest BCUT2D eigenvalue weighted by molar-refractivity contribution is -0.130. The minimum Gasteiger partial charge on any atom is -0.503 e. The van der Waals surface area contributed by atoms with Crippen LogP contribution in [0.5, 0.6) is 5.75 Å². The maximum absolute atomic E-state index is 14.8. The third-order valence-corrected chi connectivity index (χ3v) is 5.10. The van der Waals surface area contributed by atoms with Crippen LogP contribution >= 0.6 is 0 Å². The zero-order valence-corrected chi connectivity index (χ0v) is 15.9. The predicted octanol–water partition coefficient (Wildman–Crippen LogP) is 4.89. The Kier molecular flexibility index (Phi) is 5.04. The number of aliphatic hydroxyl groups excluding tert-OH is 1. The van der Waals surface area contributed by atoms with Crippen molar-refractivity contribution in [2.45, 2.75) is 12.6 Å². The maximum atomic E-state index is 14.8. The number of hydrogen-bond donors (Lipinski definition) is 1. The van der Waals surface area contributed by atoms with Gasteiger partial charge in [-0.15, -0.1) is 0 Å². The van der Waals surface area contributed by atoms with Crippen LogP contribution in [0.15, 0.2) is 84.6 Å². The number of benzene rings is 3. The molecule has 0 aliphatic carbocycles. The van der Waals surface area contributed by atoms with E-state index in [-0.39, 0.29) is 12.3 Å². The second kappa shape index (κ2) is 7.80. The molecule has 0 aromatic heterocycles. The molecule has 3 aromatic rings. The average Bonchev–Trinajstić information content (AvgIpc) is 3.00. The van der Waals surface area contributed by atoms with Crippen molar-refractivity contribution in [3.63, 3.8) is 0 Å². The summed E-state index contributed by atoms with van der Waals surface area (Å²) < 4.78 is 19.9. The largest absolute Gasteiger partial charge is 0.503 e. The van der Waals surface area contributed by atoms with E-state index >= 15 is 0 Å². The Bertz CT molecular complexity index is 1060. The van der Waals surface area contributed by atoms with Crippen LogP contribution in [-0.2, 0) is 11.3 Å². The first kappa shape index (κ1) is 18.7. The van der Waals surface area contributed by atoms with Gasteiger partial charge in [-0.05, 0) is 29.3 Å². The highest BCUT2D eigenvalue weighted by Gasteiger charge is 2.42. The number of hydrogen-bond acceptors (Lipinski definition) is 3. The lowest BCUT2D eigenvalue weighted by Gasteiger charge is -2.28. The van der Waals surface area contributed by atoms with Gasteiger partial charge in [-0.25, -0.2) is 4.39 Å². The molecule has 0 saturated carbocycles. The number of nitrogens with zero attached hydrogens (tertiary/aromatic N) is 1. The third kappa shape index (κ3) is 3.47. The zero-order chi connectivity index (χ0) is 20.4. The van der Waals surface area contributed by atoms with Crippen LogP contribution in [0.1, 0.15) is 22.7 Å². The van der Waals surface area contributed by atoms with Crippen LogP contribution in [0.3, 0.4) is 0 Å². The fourth-order valence-electron chi connectivity index (χ4n) is 3.68. The van der Waals surface area contributed by atoms with Crippen molar-refractivity contribution in [3.8, 4) is 5.75 Å². The Morgan fingerprint density at radius 3 is 2.28 bits per heavy atom. The van der Waals surface area contributed by atoms with Crippen LogP contribution < -0.4 is 4.74 Å². The molecule has 1 heterocycles. The SMILES string of the molecule is COc1ccc(C2=C(O)C(=O)N(Cc3ccccc3)C2c2ccccc2F)cc1. The average molecular weight is 389 g/mol. The highest BCUT2D eigenvalue weighted by Crippen LogP contribution is 2.44. The predicted molar refractivity (Wildman–Crippen MR) is 109 cm³/mol. The lowest BCUT2D eigenvalue weighted by atomic mass is 9.93. The minimum atomic E-state index is -0.739. The van der Waals surface area contributed by atoms with Gasteiger partial charge in [0.25, 0.3) is 5.91 Å². The fourth-order valence-corrected chi connectivity index (χ4v) is 3.68. The second-order valence-corrected chi connectivity index (χ2v) is 6.83. The van der Waals surface area contributed by atoms with Crippen LogP contribution in [0.25, 0.3) is 5.57 Å². The van der Waals surface area contributed by atoms with Crippen LogP contribution in [-0.4, -0.2) is 23.0 Å². The summed E-state index contributed by atoms with van der Waals surface area (Å²) in [5, 5.41) is 10.7. The van der Waals surface area contributed by atoms with Gasteiger partial charge in [0, 0.05) is 17.7 Å². The van der Waals surface area contributed by atoms with E-state index < -0.39 is 17.8 Å². The van der Waals surface area contributed by atoms with Gasteiger partial charge in [0.1, 0.15) is 11.6 Å². The molecule has 0 spiro atoms. The molecule has 146 valence electrons. The van der Waals surface area contributed by atoms with Gasteiger partial charge in [-0.3, -0.25) is 4.79 Å². The Labute approximate surface area is 168 Å². The lowest BCUT2D eigenvalue weighted by Crippen LogP contribution is -2.30. The van der Waals surface area contributed by atoms with Crippen molar-refractivity contribution in [2.75, 3.05) is 7.11 Å². The van der Waals surface area contributed by atoms with Crippen molar-refractivity contribution < 1.29 is 19.0 Å². The zero-order valence-electron chi connectivity index (χ0n) is 15.9. The third-order valence-electron chi connectivity index (χ3n) is 5.10. The molecule has 5 heteroatoms. The molecule has 1 atom stereocenters. The maximum Gasteiger partial charge on any atom is 0.290 e. The summed E-state index contributed by atoms with van der Waals surface area (Å²) in [5.41, 5.74) is 2.26. The number of ether oxygens (including phenoxy) is 1. The number of carbonyl (C=O) groups excluding carboxylic acids is 1. The molecule has 0 radical (unpaired) electrons.